The molecule has 0 spiro atoms. The number of carboxylic acids is 1. The number of aliphatic carboxylic acids is 1. The molecule has 2 aliphatic heterocycles. The molecule has 0 aromatic heterocycles. The Morgan fingerprint density at radius 1 is 1.06 bits per heavy atom. The zero-order valence-electron chi connectivity index (χ0n) is 18.6. The standard InChI is InChI=1S/C19H32N2O13/c1-7(23)20-13-11(26)4-19(18(30)31,34-16(13)15(28)12(27)5-22)32-6-9-3-10(25)14(17(29)33-9)21-8(2)24/h9-17,22,25-29H,3-6H2,1-2H3,(H,20,23)(H,21,24)(H,30,31)/t9-,10-,11-,12+,13+,14+,15+,16+,17-,19+/m0/s1. The third kappa shape index (κ3) is 6.59. The minimum absolute atomic E-state index is 0.163. The molecule has 196 valence electrons. The highest BCUT2D eigenvalue weighted by molar-refractivity contribution is 5.76. The molecule has 2 aliphatic rings. The van der Waals surface area contributed by atoms with E-state index >= 15 is 0 Å². The molecule has 15 nitrogen and oxygen atoms in total. The predicted octanol–water partition coefficient (Wildman–Crippen LogP) is -4.87. The molecule has 2 amide bonds. The summed E-state index contributed by atoms with van der Waals surface area (Å²) in [5.74, 6) is -5.45. The summed E-state index contributed by atoms with van der Waals surface area (Å²) in [7, 11) is 0. The molecule has 0 aliphatic carbocycles. The molecule has 0 unspecified atom stereocenters. The van der Waals surface area contributed by atoms with E-state index in [1.165, 1.54) is 6.92 Å². The molecule has 2 fully saturated rings. The van der Waals surface area contributed by atoms with Crippen LogP contribution in [0.2, 0.25) is 0 Å². The molecule has 0 bridgehead atoms. The lowest BCUT2D eigenvalue weighted by Crippen LogP contribution is -2.68. The normalized spacial score (nSPS) is 37.9. The zero-order chi connectivity index (χ0) is 25.8. The van der Waals surface area contributed by atoms with Crippen LogP contribution in [0.4, 0.5) is 0 Å². The van der Waals surface area contributed by atoms with E-state index < -0.39 is 98.2 Å². The molecular weight excluding hydrogens is 464 g/mol. The van der Waals surface area contributed by atoms with E-state index in [2.05, 4.69) is 10.6 Å². The molecule has 0 radical (unpaired) electrons. The maximum absolute atomic E-state index is 12.1. The van der Waals surface area contributed by atoms with Crippen LogP contribution in [0.1, 0.15) is 26.7 Å². The number of ether oxygens (including phenoxy) is 3. The van der Waals surface area contributed by atoms with E-state index in [-0.39, 0.29) is 6.42 Å². The van der Waals surface area contributed by atoms with Gasteiger partial charge in [0.25, 0.3) is 5.79 Å². The van der Waals surface area contributed by atoms with Crippen molar-refractivity contribution in [3.63, 3.8) is 0 Å². The van der Waals surface area contributed by atoms with E-state index in [0.29, 0.717) is 0 Å². The van der Waals surface area contributed by atoms with Crippen LogP contribution in [-0.2, 0) is 28.6 Å². The Morgan fingerprint density at radius 2 is 1.65 bits per heavy atom. The SMILES string of the molecule is CC(=O)N[C@@H]1[C@@H](O)C[C@@H](CO[C@]2(C(=O)O)C[C@H](O)[C@@H](NC(C)=O)[C@H]([C@H](O)[C@H](O)CO)O2)O[C@@H]1O. The van der Waals surface area contributed by atoms with Gasteiger partial charge in [0.1, 0.15) is 24.4 Å². The summed E-state index contributed by atoms with van der Waals surface area (Å²) >= 11 is 0. The number of carbonyl (C=O) groups is 3. The van der Waals surface area contributed by atoms with E-state index in [1.54, 1.807) is 0 Å². The average Bonchev–Trinajstić information content (AvgIpc) is 2.74. The first-order valence-corrected chi connectivity index (χ1v) is 10.6. The second-order valence-electron chi connectivity index (χ2n) is 8.37. The number of hydrogen-bond acceptors (Lipinski definition) is 12. The van der Waals surface area contributed by atoms with Crippen molar-refractivity contribution < 1.29 is 64.3 Å². The summed E-state index contributed by atoms with van der Waals surface area (Å²) in [5, 5.41) is 74.7. The number of hydrogen-bond donors (Lipinski definition) is 9. The fourth-order valence-electron chi connectivity index (χ4n) is 3.96. The molecule has 10 atom stereocenters. The molecular formula is C19H32N2O13. The van der Waals surface area contributed by atoms with Gasteiger partial charge in [0.05, 0.1) is 37.6 Å². The molecule has 0 saturated carbocycles. The highest BCUT2D eigenvalue weighted by atomic mass is 16.7. The summed E-state index contributed by atoms with van der Waals surface area (Å²) in [6, 6.07) is -2.47. The Labute approximate surface area is 194 Å². The Hall–Kier alpha value is -1.95. The minimum Gasteiger partial charge on any atom is -0.477 e. The van der Waals surface area contributed by atoms with Crippen molar-refractivity contribution in [2.75, 3.05) is 13.2 Å². The number of aliphatic hydroxyl groups is 6. The van der Waals surface area contributed by atoms with Crippen LogP contribution in [0, 0.1) is 0 Å². The summed E-state index contributed by atoms with van der Waals surface area (Å²) < 4.78 is 16.2. The van der Waals surface area contributed by atoms with Gasteiger partial charge in [-0.15, -0.1) is 0 Å². The average molecular weight is 496 g/mol. The fourth-order valence-corrected chi connectivity index (χ4v) is 3.96. The topological polar surface area (TPSA) is 245 Å². The van der Waals surface area contributed by atoms with E-state index in [1.807, 2.05) is 0 Å². The summed E-state index contributed by atoms with van der Waals surface area (Å²) in [4.78, 5) is 34.9. The Balaban J connectivity index is 2.20. The van der Waals surface area contributed by atoms with Gasteiger partial charge in [0, 0.05) is 26.7 Å². The first kappa shape index (κ1) is 28.3. The molecule has 0 aromatic carbocycles. The van der Waals surface area contributed by atoms with Gasteiger partial charge in [-0.3, -0.25) is 9.59 Å². The number of carboxylic acid groups (broad SMARTS) is 1. The van der Waals surface area contributed by atoms with Crippen LogP contribution >= 0.6 is 0 Å². The fraction of sp³-hybridized carbons (Fsp3) is 0.842. The van der Waals surface area contributed by atoms with Gasteiger partial charge in [-0.25, -0.2) is 4.79 Å². The van der Waals surface area contributed by atoms with Crippen LogP contribution in [-0.4, -0.2) is 128 Å². The monoisotopic (exact) mass is 496 g/mol. The molecule has 2 heterocycles. The van der Waals surface area contributed by atoms with Gasteiger partial charge in [-0.1, -0.05) is 0 Å². The van der Waals surface area contributed by atoms with Crippen LogP contribution in [0.15, 0.2) is 0 Å². The predicted molar refractivity (Wildman–Crippen MR) is 108 cm³/mol. The first-order valence-electron chi connectivity index (χ1n) is 10.6. The van der Waals surface area contributed by atoms with Crippen molar-refractivity contribution >= 4 is 17.8 Å². The van der Waals surface area contributed by atoms with E-state index in [4.69, 9.17) is 19.3 Å². The summed E-state index contributed by atoms with van der Waals surface area (Å²) in [6.07, 6.45) is -11.8. The van der Waals surface area contributed by atoms with Crippen LogP contribution in [0.5, 0.6) is 0 Å². The van der Waals surface area contributed by atoms with Crippen LogP contribution in [0.25, 0.3) is 0 Å². The zero-order valence-corrected chi connectivity index (χ0v) is 18.6. The van der Waals surface area contributed by atoms with Gasteiger partial charge in [-0.05, 0) is 0 Å². The second-order valence-corrected chi connectivity index (χ2v) is 8.37. The van der Waals surface area contributed by atoms with Crippen LogP contribution < -0.4 is 10.6 Å². The van der Waals surface area contributed by atoms with Crippen molar-refractivity contribution in [2.45, 2.75) is 87.5 Å². The maximum atomic E-state index is 12.1. The lowest BCUT2D eigenvalue weighted by atomic mass is 9.88. The number of aliphatic hydroxyl groups excluding tert-OH is 6. The molecule has 2 saturated heterocycles. The van der Waals surface area contributed by atoms with Gasteiger partial charge < -0.3 is 60.6 Å². The van der Waals surface area contributed by atoms with Crippen molar-refractivity contribution in [1.82, 2.24) is 10.6 Å². The second kappa shape index (κ2) is 11.7. The minimum atomic E-state index is -2.58. The largest absolute Gasteiger partial charge is 0.477 e. The smallest absolute Gasteiger partial charge is 0.364 e. The number of nitrogens with one attached hydrogen (secondary N) is 2. The third-order valence-electron chi connectivity index (χ3n) is 5.62. The maximum Gasteiger partial charge on any atom is 0.364 e. The van der Waals surface area contributed by atoms with Gasteiger partial charge >= 0.3 is 5.97 Å². The molecule has 34 heavy (non-hydrogen) atoms. The summed E-state index contributed by atoms with van der Waals surface area (Å²) in [5.41, 5.74) is 0. The molecule has 0 aromatic rings. The number of rotatable bonds is 9. The highest BCUT2D eigenvalue weighted by Crippen LogP contribution is 2.34. The van der Waals surface area contributed by atoms with Crippen molar-refractivity contribution in [1.29, 1.82) is 0 Å². The number of amides is 2. The van der Waals surface area contributed by atoms with Gasteiger partial charge in [0.15, 0.2) is 6.29 Å². The Bertz CT molecular complexity index is 727. The van der Waals surface area contributed by atoms with Crippen LogP contribution in [0.3, 0.4) is 0 Å². The Morgan fingerprint density at radius 3 is 2.15 bits per heavy atom. The molecule has 2 rings (SSSR count). The Kier molecular flexibility index (Phi) is 9.70. The first-order chi connectivity index (χ1) is 15.8. The van der Waals surface area contributed by atoms with Crippen molar-refractivity contribution in [3.8, 4) is 0 Å². The number of carbonyl (C=O) groups excluding carboxylic acids is 2. The summed E-state index contributed by atoms with van der Waals surface area (Å²) in [6.45, 7) is 0.811. The third-order valence-corrected chi connectivity index (χ3v) is 5.62. The van der Waals surface area contributed by atoms with E-state index in [9.17, 15) is 45.0 Å². The van der Waals surface area contributed by atoms with Crippen molar-refractivity contribution in [2.24, 2.45) is 0 Å². The van der Waals surface area contributed by atoms with Gasteiger partial charge in [0.2, 0.25) is 11.8 Å². The molecule has 9 N–H and O–H groups in total. The van der Waals surface area contributed by atoms with Crippen molar-refractivity contribution in [3.05, 3.63) is 0 Å². The quantitative estimate of drug-likeness (QED) is 0.145. The lowest BCUT2D eigenvalue weighted by Gasteiger charge is -2.47. The van der Waals surface area contributed by atoms with Gasteiger partial charge in [-0.2, -0.15) is 0 Å². The molecule has 15 heteroatoms. The highest BCUT2D eigenvalue weighted by Gasteiger charge is 2.56. The van der Waals surface area contributed by atoms with E-state index in [0.717, 1.165) is 6.92 Å². The lowest BCUT2D eigenvalue weighted by molar-refractivity contribution is -0.322.